The Hall–Kier alpha value is -2.83. The number of fused-ring (bicyclic) bond motifs is 1. The molecule has 1 aromatic heterocycles. The van der Waals surface area contributed by atoms with Gasteiger partial charge in [-0.3, -0.25) is 4.79 Å². The molecule has 0 unspecified atom stereocenters. The number of nitrogens with zero attached hydrogens (tertiary/aromatic N) is 3. The third-order valence-corrected chi connectivity index (χ3v) is 4.30. The van der Waals surface area contributed by atoms with Gasteiger partial charge in [-0.05, 0) is 25.0 Å². The molecular formula is C18H15F2N3O2. The Labute approximate surface area is 143 Å². The van der Waals surface area contributed by atoms with Crippen LogP contribution >= 0.6 is 0 Å². The summed E-state index contributed by atoms with van der Waals surface area (Å²) in [6.45, 7) is 1.81. The quantitative estimate of drug-likeness (QED) is 0.785. The molecule has 0 atom stereocenters. The summed E-state index contributed by atoms with van der Waals surface area (Å²) in [5.41, 5.74) is 0.829. The number of carbonyl (C=O) groups is 1. The lowest BCUT2D eigenvalue weighted by atomic mass is 9.98. The van der Waals surface area contributed by atoms with Gasteiger partial charge in [-0.2, -0.15) is 0 Å². The van der Waals surface area contributed by atoms with Crippen LogP contribution in [0, 0.1) is 11.6 Å². The predicted molar refractivity (Wildman–Crippen MR) is 87.6 cm³/mol. The minimum Gasteiger partial charge on any atom is -0.485 e. The predicted octanol–water partition coefficient (Wildman–Crippen LogP) is 3.01. The third-order valence-electron chi connectivity index (χ3n) is 4.30. The number of anilines is 1. The van der Waals surface area contributed by atoms with Gasteiger partial charge in [0.05, 0.1) is 5.56 Å². The van der Waals surface area contributed by atoms with Crippen LogP contribution in [0.4, 0.5) is 14.7 Å². The number of hydrogen-bond donors (Lipinski definition) is 0. The Morgan fingerprint density at radius 1 is 1.12 bits per heavy atom. The summed E-state index contributed by atoms with van der Waals surface area (Å²) in [5.74, 6) is -1.68. The standard InChI is InChI=1S/C18H15F2N3O2/c19-13-6-14-16(24)12(10-25-17(14)15(20)7-13)5-11-8-21-18(22-9-11)23-3-1-2-4-23/h5-9H,1-4,10H2/b12-5+. The topological polar surface area (TPSA) is 55.3 Å². The second-order valence-corrected chi connectivity index (χ2v) is 6.06. The first-order chi connectivity index (χ1) is 12.1. The van der Waals surface area contributed by atoms with E-state index in [-0.39, 0.29) is 17.9 Å². The second kappa shape index (κ2) is 6.23. The van der Waals surface area contributed by atoms with Crippen LogP contribution in [0.5, 0.6) is 5.75 Å². The van der Waals surface area contributed by atoms with Crippen molar-refractivity contribution < 1.29 is 18.3 Å². The largest absolute Gasteiger partial charge is 0.485 e. The van der Waals surface area contributed by atoms with Gasteiger partial charge in [-0.1, -0.05) is 0 Å². The number of hydrogen-bond acceptors (Lipinski definition) is 5. The highest BCUT2D eigenvalue weighted by atomic mass is 19.1. The maximum absolute atomic E-state index is 13.7. The maximum atomic E-state index is 13.7. The SMILES string of the molecule is O=C1/C(=C/c2cnc(N3CCCC3)nc2)COc2c(F)cc(F)cc21. The molecule has 0 radical (unpaired) electrons. The van der Waals surface area contributed by atoms with Crippen molar-refractivity contribution >= 4 is 17.8 Å². The van der Waals surface area contributed by atoms with Crippen molar-refractivity contribution in [3.8, 4) is 5.75 Å². The minimum atomic E-state index is -0.874. The van der Waals surface area contributed by atoms with Gasteiger partial charge in [0.25, 0.3) is 0 Å². The molecule has 0 N–H and O–H groups in total. The lowest BCUT2D eigenvalue weighted by Crippen LogP contribution is -2.21. The molecule has 128 valence electrons. The summed E-state index contributed by atoms with van der Waals surface area (Å²) in [6, 6.07) is 1.69. The fourth-order valence-corrected chi connectivity index (χ4v) is 3.06. The fraction of sp³-hybridized carbons (Fsp3) is 0.278. The third kappa shape index (κ3) is 2.97. The number of ether oxygens (including phenoxy) is 1. The van der Waals surface area contributed by atoms with Crippen LogP contribution in [-0.2, 0) is 0 Å². The van der Waals surface area contributed by atoms with Gasteiger partial charge in [0.1, 0.15) is 12.4 Å². The van der Waals surface area contributed by atoms with Crippen molar-refractivity contribution in [3.63, 3.8) is 0 Å². The molecule has 5 nitrogen and oxygen atoms in total. The number of Topliss-reactive ketones (excluding diaryl/α,β-unsaturated/α-hetero) is 1. The summed E-state index contributed by atoms with van der Waals surface area (Å²) in [6.07, 6.45) is 7.11. The summed E-state index contributed by atoms with van der Waals surface area (Å²) < 4.78 is 32.4. The van der Waals surface area contributed by atoms with Crippen molar-refractivity contribution in [2.75, 3.05) is 24.6 Å². The maximum Gasteiger partial charge on any atom is 0.225 e. The number of carbonyl (C=O) groups excluding carboxylic acids is 1. The summed E-state index contributed by atoms with van der Waals surface area (Å²) in [5, 5.41) is 0. The van der Waals surface area contributed by atoms with Crippen molar-refractivity contribution in [1.29, 1.82) is 0 Å². The van der Waals surface area contributed by atoms with Crippen molar-refractivity contribution in [2.24, 2.45) is 0 Å². The molecule has 0 bridgehead atoms. The normalized spacial score (nSPS) is 18.4. The molecule has 1 saturated heterocycles. The van der Waals surface area contributed by atoms with E-state index in [4.69, 9.17) is 4.74 Å². The van der Waals surface area contributed by atoms with E-state index in [1.165, 1.54) is 0 Å². The van der Waals surface area contributed by atoms with Gasteiger partial charge >= 0.3 is 0 Å². The van der Waals surface area contributed by atoms with Gasteiger partial charge in [-0.25, -0.2) is 18.7 Å². The fourth-order valence-electron chi connectivity index (χ4n) is 3.06. The molecule has 1 fully saturated rings. The molecule has 1 aromatic carbocycles. The van der Waals surface area contributed by atoms with Crippen molar-refractivity contribution in [3.05, 3.63) is 52.9 Å². The van der Waals surface area contributed by atoms with Crippen molar-refractivity contribution in [1.82, 2.24) is 9.97 Å². The van der Waals surface area contributed by atoms with E-state index >= 15 is 0 Å². The van der Waals surface area contributed by atoms with Crippen LogP contribution in [0.1, 0.15) is 28.8 Å². The van der Waals surface area contributed by atoms with E-state index in [1.54, 1.807) is 18.5 Å². The number of aromatic nitrogens is 2. The van der Waals surface area contributed by atoms with E-state index in [0.29, 0.717) is 23.2 Å². The van der Waals surface area contributed by atoms with Crippen LogP contribution in [-0.4, -0.2) is 35.4 Å². The summed E-state index contributed by atoms with van der Waals surface area (Å²) >= 11 is 0. The molecule has 7 heteroatoms. The first-order valence-corrected chi connectivity index (χ1v) is 8.06. The number of rotatable bonds is 2. The van der Waals surface area contributed by atoms with Crippen LogP contribution in [0.2, 0.25) is 0 Å². The smallest absolute Gasteiger partial charge is 0.225 e. The van der Waals surface area contributed by atoms with E-state index in [0.717, 1.165) is 32.0 Å². The first kappa shape index (κ1) is 15.7. The zero-order chi connectivity index (χ0) is 17.4. The van der Waals surface area contributed by atoms with Gasteiger partial charge in [-0.15, -0.1) is 0 Å². The molecule has 3 heterocycles. The highest BCUT2D eigenvalue weighted by Gasteiger charge is 2.27. The number of ketones is 1. The molecule has 0 saturated carbocycles. The van der Waals surface area contributed by atoms with Gasteiger partial charge in [0.2, 0.25) is 5.95 Å². The van der Waals surface area contributed by atoms with E-state index in [1.807, 2.05) is 0 Å². The summed E-state index contributed by atoms with van der Waals surface area (Å²) in [7, 11) is 0. The van der Waals surface area contributed by atoms with Crippen LogP contribution < -0.4 is 9.64 Å². The molecule has 4 rings (SSSR count). The highest BCUT2D eigenvalue weighted by Crippen LogP contribution is 2.31. The van der Waals surface area contributed by atoms with Crippen LogP contribution in [0.25, 0.3) is 6.08 Å². The van der Waals surface area contributed by atoms with Gasteiger partial charge in [0, 0.05) is 42.7 Å². The highest BCUT2D eigenvalue weighted by molar-refractivity contribution is 6.14. The molecule has 2 aromatic rings. The number of benzene rings is 1. The van der Waals surface area contributed by atoms with E-state index in [2.05, 4.69) is 14.9 Å². The Morgan fingerprint density at radius 2 is 1.84 bits per heavy atom. The number of halogens is 2. The molecular weight excluding hydrogens is 328 g/mol. The van der Waals surface area contributed by atoms with Crippen LogP contribution in [0.15, 0.2) is 30.1 Å². The Bertz CT molecular complexity index is 859. The molecule has 2 aliphatic heterocycles. The average molecular weight is 343 g/mol. The van der Waals surface area contributed by atoms with E-state index < -0.39 is 17.4 Å². The second-order valence-electron chi connectivity index (χ2n) is 6.06. The van der Waals surface area contributed by atoms with Crippen molar-refractivity contribution in [2.45, 2.75) is 12.8 Å². The lowest BCUT2D eigenvalue weighted by Gasteiger charge is -2.19. The monoisotopic (exact) mass is 343 g/mol. The molecule has 0 aliphatic carbocycles. The van der Waals surface area contributed by atoms with Crippen LogP contribution in [0.3, 0.4) is 0 Å². The molecule has 0 spiro atoms. The molecule has 2 aliphatic rings. The molecule has 25 heavy (non-hydrogen) atoms. The van der Waals surface area contributed by atoms with Gasteiger partial charge in [0.15, 0.2) is 17.3 Å². The average Bonchev–Trinajstić information content (AvgIpc) is 3.13. The summed E-state index contributed by atoms with van der Waals surface area (Å²) in [4.78, 5) is 23.2. The Kier molecular flexibility index (Phi) is 3.91. The molecule has 0 amide bonds. The Balaban J connectivity index is 1.60. The zero-order valence-corrected chi connectivity index (χ0v) is 13.3. The van der Waals surface area contributed by atoms with E-state index in [9.17, 15) is 13.6 Å². The zero-order valence-electron chi connectivity index (χ0n) is 13.3. The van der Waals surface area contributed by atoms with Gasteiger partial charge < -0.3 is 9.64 Å². The minimum absolute atomic E-state index is 0.0811. The first-order valence-electron chi connectivity index (χ1n) is 8.06. The lowest BCUT2D eigenvalue weighted by molar-refractivity contribution is 0.0997. The Morgan fingerprint density at radius 3 is 2.56 bits per heavy atom.